The average Bonchev–Trinajstić information content (AvgIpc) is 3.51. The van der Waals surface area contributed by atoms with Crippen LogP contribution in [0.25, 0.3) is 22.0 Å². The summed E-state index contributed by atoms with van der Waals surface area (Å²) in [5.74, 6) is 0.978. The minimum Gasteiger partial charge on any atom is -0.487 e. The molecule has 0 amide bonds. The van der Waals surface area contributed by atoms with Gasteiger partial charge in [-0.25, -0.2) is 4.98 Å². The zero-order chi connectivity index (χ0) is 26.3. The highest BCUT2D eigenvalue weighted by molar-refractivity contribution is 5.86. The number of nitrogens with two attached hydrogens (primary N) is 1. The van der Waals surface area contributed by atoms with Crippen molar-refractivity contribution >= 4 is 28.6 Å². The third-order valence-corrected chi connectivity index (χ3v) is 7.92. The topological polar surface area (TPSA) is 142 Å². The Hall–Kier alpha value is -4.18. The third kappa shape index (κ3) is 4.74. The van der Waals surface area contributed by atoms with E-state index in [-0.39, 0.29) is 18.0 Å². The van der Waals surface area contributed by atoms with Crippen LogP contribution in [0.5, 0.6) is 5.75 Å². The van der Waals surface area contributed by atoms with Crippen molar-refractivity contribution in [2.75, 3.05) is 30.3 Å². The standard InChI is InChI=1S/C28H31N7O3/c1-17-22-7-4-19(12-23(22)34-33-17)18-2-5-21(6-3-18)38-15-20-13-25(32-27(29)31-20)35-10-8-28(9-11-35)14-24(26(36)37)30-16-28/h2-7,12-13,24,30H,8-11,14-16H2,1H3,(H,33,34)(H,36,37)(H2,29,31,32)/t24-/m0/s1. The number of aromatic nitrogens is 4. The van der Waals surface area contributed by atoms with Gasteiger partial charge in [0.05, 0.1) is 16.9 Å². The molecule has 0 aliphatic carbocycles. The molecule has 38 heavy (non-hydrogen) atoms. The van der Waals surface area contributed by atoms with Crippen molar-refractivity contribution in [1.82, 2.24) is 25.5 Å². The first-order valence-electron chi connectivity index (χ1n) is 12.9. The van der Waals surface area contributed by atoms with Crippen molar-refractivity contribution in [1.29, 1.82) is 0 Å². The first kappa shape index (κ1) is 24.2. The number of hydrogen-bond acceptors (Lipinski definition) is 8. The number of carbonyl (C=O) groups is 1. The molecule has 0 bridgehead atoms. The van der Waals surface area contributed by atoms with Crippen LogP contribution in [0, 0.1) is 12.3 Å². The number of carboxylic acids is 1. The van der Waals surface area contributed by atoms with Crippen molar-refractivity contribution in [3.05, 3.63) is 59.9 Å². The maximum absolute atomic E-state index is 11.4. The summed E-state index contributed by atoms with van der Waals surface area (Å²) in [6, 6.07) is 15.8. The molecule has 10 heteroatoms. The summed E-state index contributed by atoms with van der Waals surface area (Å²) in [4.78, 5) is 22.4. The van der Waals surface area contributed by atoms with Gasteiger partial charge in [-0.15, -0.1) is 0 Å². The van der Waals surface area contributed by atoms with Crippen LogP contribution in [0.15, 0.2) is 48.5 Å². The van der Waals surface area contributed by atoms with Crippen LogP contribution in [0.2, 0.25) is 0 Å². The second-order valence-electron chi connectivity index (χ2n) is 10.4. The maximum Gasteiger partial charge on any atom is 0.320 e. The molecule has 196 valence electrons. The fourth-order valence-electron chi connectivity index (χ4n) is 5.66. The fourth-order valence-corrected chi connectivity index (χ4v) is 5.66. The van der Waals surface area contributed by atoms with Crippen molar-refractivity contribution in [2.24, 2.45) is 5.41 Å². The Morgan fingerprint density at radius 1 is 1.13 bits per heavy atom. The number of nitrogens with one attached hydrogen (secondary N) is 2. The first-order valence-corrected chi connectivity index (χ1v) is 12.9. The summed E-state index contributed by atoms with van der Waals surface area (Å²) in [7, 11) is 0. The number of benzene rings is 2. The number of fused-ring (bicyclic) bond motifs is 1. The lowest BCUT2D eigenvalue weighted by Crippen LogP contribution is -2.41. The van der Waals surface area contributed by atoms with Crippen LogP contribution < -0.4 is 20.7 Å². The minimum absolute atomic E-state index is 0.0409. The van der Waals surface area contributed by atoms with Crippen LogP contribution >= 0.6 is 0 Å². The molecular formula is C28H31N7O3. The normalized spacial score (nSPS) is 18.8. The predicted molar refractivity (Wildman–Crippen MR) is 145 cm³/mol. The second-order valence-corrected chi connectivity index (χ2v) is 10.4. The predicted octanol–water partition coefficient (Wildman–Crippen LogP) is 3.52. The Balaban J connectivity index is 1.09. The highest BCUT2D eigenvalue weighted by atomic mass is 16.5. The molecule has 4 heterocycles. The van der Waals surface area contributed by atoms with E-state index in [2.05, 4.69) is 48.6 Å². The number of nitrogen functional groups attached to an aromatic ring is 1. The summed E-state index contributed by atoms with van der Waals surface area (Å²) in [5, 5.41) is 21.0. The average molecular weight is 514 g/mol. The molecule has 2 aliphatic heterocycles. The van der Waals surface area contributed by atoms with Gasteiger partial charge in [0.15, 0.2) is 0 Å². The van der Waals surface area contributed by atoms with Crippen molar-refractivity contribution < 1.29 is 14.6 Å². The molecule has 6 rings (SSSR count). The Morgan fingerprint density at radius 3 is 2.63 bits per heavy atom. The number of aromatic amines is 1. The van der Waals surface area contributed by atoms with Crippen LogP contribution in [0.1, 0.15) is 30.7 Å². The van der Waals surface area contributed by atoms with Crippen LogP contribution in [-0.2, 0) is 11.4 Å². The molecule has 2 fully saturated rings. The SMILES string of the molecule is Cc1n[nH]c2cc(-c3ccc(OCc4cc(N5CCC6(CC5)CN[C@H](C(=O)O)C6)nc(N)n4)cc3)ccc12. The van der Waals surface area contributed by atoms with Crippen LogP contribution in [0.3, 0.4) is 0 Å². The Bertz CT molecular complexity index is 1480. The highest BCUT2D eigenvalue weighted by Gasteiger charge is 2.43. The fraction of sp³-hybridized carbons (Fsp3) is 0.357. The van der Waals surface area contributed by atoms with E-state index in [1.165, 1.54) is 0 Å². The van der Waals surface area contributed by atoms with E-state index >= 15 is 0 Å². The number of nitrogens with zero attached hydrogens (tertiary/aromatic N) is 4. The van der Waals surface area contributed by atoms with Gasteiger partial charge >= 0.3 is 5.97 Å². The molecule has 0 unspecified atom stereocenters. The van der Waals surface area contributed by atoms with E-state index in [1.54, 1.807) is 0 Å². The van der Waals surface area contributed by atoms with Crippen molar-refractivity contribution in [3.8, 4) is 16.9 Å². The van der Waals surface area contributed by atoms with Gasteiger partial charge in [-0.3, -0.25) is 9.89 Å². The molecular weight excluding hydrogens is 482 g/mol. The van der Waals surface area contributed by atoms with Gasteiger partial charge in [0.1, 0.15) is 24.2 Å². The largest absolute Gasteiger partial charge is 0.487 e. The van der Waals surface area contributed by atoms with Crippen LogP contribution in [0.4, 0.5) is 11.8 Å². The molecule has 2 aromatic carbocycles. The lowest BCUT2D eigenvalue weighted by molar-refractivity contribution is -0.139. The molecule has 0 radical (unpaired) electrons. The smallest absolute Gasteiger partial charge is 0.320 e. The lowest BCUT2D eigenvalue weighted by Gasteiger charge is -2.39. The first-order chi connectivity index (χ1) is 18.4. The van der Waals surface area contributed by atoms with Gasteiger partial charge in [0.25, 0.3) is 0 Å². The Kier molecular flexibility index (Phi) is 6.11. The lowest BCUT2D eigenvalue weighted by atomic mass is 9.76. The Labute approximate surface area is 220 Å². The summed E-state index contributed by atoms with van der Waals surface area (Å²) >= 11 is 0. The number of carboxylic acid groups (broad SMARTS) is 1. The van der Waals surface area contributed by atoms with E-state index in [1.807, 2.05) is 37.3 Å². The number of aliphatic carboxylic acids is 1. The number of rotatable bonds is 6. The van der Waals surface area contributed by atoms with E-state index in [9.17, 15) is 9.90 Å². The second kappa shape index (κ2) is 9.60. The van der Waals surface area contributed by atoms with Crippen LogP contribution in [-0.4, -0.2) is 56.9 Å². The number of anilines is 2. The van der Waals surface area contributed by atoms with E-state index in [0.717, 1.165) is 71.8 Å². The molecule has 4 aromatic rings. The van der Waals surface area contributed by atoms with E-state index in [0.29, 0.717) is 12.1 Å². The number of piperidine rings is 1. The number of H-pyrrole nitrogens is 1. The van der Waals surface area contributed by atoms with E-state index in [4.69, 9.17) is 10.5 Å². The molecule has 1 spiro atoms. The zero-order valence-electron chi connectivity index (χ0n) is 21.3. The Morgan fingerprint density at radius 2 is 1.89 bits per heavy atom. The van der Waals surface area contributed by atoms with Gasteiger partial charge in [0, 0.05) is 31.1 Å². The third-order valence-electron chi connectivity index (χ3n) is 7.92. The minimum atomic E-state index is -0.766. The molecule has 10 nitrogen and oxygen atoms in total. The summed E-state index contributed by atoms with van der Waals surface area (Å²) in [5.41, 5.74) is 11.0. The van der Waals surface area contributed by atoms with Gasteiger partial charge < -0.3 is 25.8 Å². The summed E-state index contributed by atoms with van der Waals surface area (Å²) in [6.45, 7) is 4.62. The quantitative estimate of drug-likeness (QED) is 0.304. The number of hydrogen-bond donors (Lipinski definition) is 4. The van der Waals surface area contributed by atoms with Gasteiger partial charge in [0.2, 0.25) is 5.95 Å². The molecule has 2 aromatic heterocycles. The monoisotopic (exact) mass is 513 g/mol. The van der Waals surface area contributed by atoms with Crippen molar-refractivity contribution in [3.63, 3.8) is 0 Å². The van der Waals surface area contributed by atoms with Gasteiger partial charge in [-0.1, -0.05) is 24.3 Å². The number of ether oxygens (including phenoxy) is 1. The van der Waals surface area contributed by atoms with Gasteiger partial charge in [-0.05, 0) is 60.9 Å². The highest BCUT2D eigenvalue weighted by Crippen LogP contribution is 2.40. The summed E-state index contributed by atoms with van der Waals surface area (Å²) < 4.78 is 6.02. The van der Waals surface area contributed by atoms with E-state index < -0.39 is 12.0 Å². The molecule has 0 saturated carbocycles. The molecule has 2 aliphatic rings. The molecule has 5 N–H and O–H groups in total. The number of aryl methyl sites for hydroxylation is 1. The summed E-state index contributed by atoms with van der Waals surface area (Å²) in [6.07, 6.45) is 2.51. The van der Waals surface area contributed by atoms with Crippen molar-refractivity contribution in [2.45, 2.75) is 38.8 Å². The zero-order valence-corrected chi connectivity index (χ0v) is 21.3. The maximum atomic E-state index is 11.4. The molecule has 1 atom stereocenters. The molecule has 2 saturated heterocycles. The van der Waals surface area contributed by atoms with Gasteiger partial charge in [-0.2, -0.15) is 10.1 Å².